The number of carboxylic acids is 2. The van der Waals surface area contributed by atoms with Crippen LogP contribution in [0.5, 0.6) is 0 Å². The Hall–Kier alpha value is -0.480. The molecule has 0 rings (SSSR count). The zero-order chi connectivity index (χ0) is 15.4. The Bertz CT molecular complexity index is 285. The zero-order valence-electron chi connectivity index (χ0n) is 11.7. The van der Waals surface area contributed by atoms with Gasteiger partial charge in [0.25, 0.3) is 0 Å². The molecule has 0 aliphatic carbocycles. The van der Waals surface area contributed by atoms with Gasteiger partial charge >= 0.3 is 0 Å². The first kappa shape index (κ1) is 19.5. The molecule has 0 spiro atoms. The Morgan fingerprint density at radius 2 is 1.25 bits per heavy atom. The molecule has 0 saturated heterocycles. The third kappa shape index (κ3) is 7.95. The number of carbonyl (C=O) groups excluding carboxylic acids is 2. The van der Waals surface area contributed by atoms with E-state index in [0.29, 0.717) is 43.9 Å². The Morgan fingerprint density at radius 1 is 0.800 bits per heavy atom. The van der Waals surface area contributed by atoms with Gasteiger partial charge in [0.15, 0.2) is 0 Å². The average Bonchev–Trinajstić information content (AvgIpc) is 2.38. The maximum atomic E-state index is 11.5. The highest BCUT2D eigenvalue weighted by Gasteiger charge is 2.30. The van der Waals surface area contributed by atoms with Gasteiger partial charge in [0.2, 0.25) is 0 Å². The van der Waals surface area contributed by atoms with Crippen molar-refractivity contribution in [2.24, 2.45) is 5.41 Å². The minimum atomic E-state index is -1.15. The molecule has 0 aromatic rings. The summed E-state index contributed by atoms with van der Waals surface area (Å²) in [6, 6.07) is 0. The Labute approximate surface area is 130 Å². The lowest BCUT2D eigenvalue weighted by molar-refractivity contribution is -0.321. The first-order chi connectivity index (χ1) is 9.48. The highest BCUT2D eigenvalue weighted by molar-refractivity contribution is 6.18. The number of carbonyl (C=O) groups is 2. The van der Waals surface area contributed by atoms with E-state index in [2.05, 4.69) is 0 Å². The fraction of sp³-hybridized carbons (Fsp3) is 0.857. The number of hydrogen-bond donors (Lipinski definition) is 0. The Morgan fingerprint density at radius 3 is 1.60 bits per heavy atom. The third-order valence-electron chi connectivity index (χ3n) is 3.55. The molecule has 0 aromatic heterocycles. The summed E-state index contributed by atoms with van der Waals surface area (Å²) in [5.74, 6) is -1.27. The van der Waals surface area contributed by atoms with Crippen LogP contribution < -0.4 is 10.2 Å². The molecule has 0 atom stereocenters. The molecule has 4 nitrogen and oxygen atoms in total. The van der Waals surface area contributed by atoms with Crippen molar-refractivity contribution in [3.05, 3.63) is 0 Å². The van der Waals surface area contributed by atoms with E-state index >= 15 is 0 Å². The zero-order valence-corrected chi connectivity index (χ0v) is 13.2. The summed E-state index contributed by atoms with van der Waals surface area (Å²) in [7, 11) is 0. The van der Waals surface area contributed by atoms with Gasteiger partial charge in [0.1, 0.15) is 0 Å². The molecule has 118 valence electrons. The number of carboxylic acid groups (broad SMARTS) is 2. The van der Waals surface area contributed by atoms with Crippen molar-refractivity contribution in [2.75, 3.05) is 11.8 Å². The Kier molecular flexibility index (Phi) is 10.9. The monoisotopic (exact) mass is 324 g/mol. The molecule has 0 aliphatic rings. The second kappa shape index (κ2) is 11.2. The van der Waals surface area contributed by atoms with Crippen molar-refractivity contribution < 1.29 is 19.8 Å². The predicted octanol–water partition coefficient (Wildman–Crippen LogP) is 1.46. The normalized spacial score (nSPS) is 11.5. The lowest BCUT2D eigenvalue weighted by Crippen LogP contribution is -2.42. The predicted molar refractivity (Wildman–Crippen MR) is 75.4 cm³/mol. The third-order valence-corrected chi connectivity index (χ3v) is 4.08. The van der Waals surface area contributed by atoms with Gasteiger partial charge < -0.3 is 19.8 Å². The van der Waals surface area contributed by atoms with Crippen molar-refractivity contribution in [3.63, 3.8) is 0 Å². The summed E-state index contributed by atoms with van der Waals surface area (Å²) in [6.07, 6.45) is 4.28. The molecule has 0 amide bonds. The van der Waals surface area contributed by atoms with E-state index in [0.717, 1.165) is 12.8 Å². The molecule has 0 bridgehead atoms. The molecule has 20 heavy (non-hydrogen) atoms. The van der Waals surface area contributed by atoms with E-state index < -0.39 is 17.4 Å². The average molecular weight is 325 g/mol. The van der Waals surface area contributed by atoms with Crippen LogP contribution >= 0.6 is 23.2 Å². The summed E-state index contributed by atoms with van der Waals surface area (Å²) >= 11 is 11.2. The molecule has 0 unspecified atom stereocenters. The van der Waals surface area contributed by atoms with Crippen LogP contribution in [0.2, 0.25) is 0 Å². The summed E-state index contributed by atoms with van der Waals surface area (Å²) in [5, 5.41) is 22.0. The van der Waals surface area contributed by atoms with Crippen LogP contribution in [-0.4, -0.2) is 23.7 Å². The SMILES string of the molecule is O=C([O-])CCCC(CCCCCl)(CCCCCl)C(=O)[O-]. The van der Waals surface area contributed by atoms with Crippen molar-refractivity contribution in [2.45, 2.75) is 57.8 Å². The molecule has 0 radical (unpaired) electrons. The van der Waals surface area contributed by atoms with Crippen LogP contribution in [0, 0.1) is 5.41 Å². The van der Waals surface area contributed by atoms with Crippen LogP contribution in [0.15, 0.2) is 0 Å². The number of halogens is 2. The molecular formula is C14H22Cl2O4-2. The molecule has 0 aromatic carbocycles. The molecule has 0 fully saturated rings. The second-order valence-corrected chi connectivity index (χ2v) is 5.84. The van der Waals surface area contributed by atoms with Crippen LogP contribution in [0.4, 0.5) is 0 Å². The van der Waals surface area contributed by atoms with Crippen molar-refractivity contribution >= 4 is 35.1 Å². The molecule has 0 saturated carbocycles. The van der Waals surface area contributed by atoms with Gasteiger partial charge in [-0.05, 0) is 44.9 Å². The molecular weight excluding hydrogens is 303 g/mol. The van der Waals surface area contributed by atoms with Gasteiger partial charge in [0.05, 0.1) is 0 Å². The van der Waals surface area contributed by atoms with Crippen LogP contribution in [0.3, 0.4) is 0 Å². The lowest BCUT2D eigenvalue weighted by Gasteiger charge is -2.35. The van der Waals surface area contributed by atoms with Crippen LogP contribution in [0.1, 0.15) is 57.8 Å². The molecule has 0 aliphatic heterocycles. The maximum Gasteiger partial charge on any atom is 0.0476 e. The fourth-order valence-corrected chi connectivity index (χ4v) is 2.75. The second-order valence-electron chi connectivity index (χ2n) is 5.09. The summed E-state index contributed by atoms with van der Waals surface area (Å²) in [6.45, 7) is 0. The minimum Gasteiger partial charge on any atom is -0.550 e. The number of alkyl halides is 2. The molecule has 0 N–H and O–H groups in total. The quantitative estimate of drug-likeness (QED) is 0.379. The van der Waals surface area contributed by atoms with E-state index in [4.69, 9.17) is 23.2 Å². The standard InChI is InChI=1S/C14H24Cl2O4/c15-10-3-1-7-14(13(19)20,8-2-4-11-16)9-5-6-12(17)18/h1-11H2,(H,17,18)(H,19,20)/p-2. The van der Waals surface area contributed by atoms with E-state index in [1.54, 1.807) is 0 Å². The van der Waals surface area contributed by atoms with Crippen molar-refractivity contribution in [1.82, 2.24) is 0 Å². The van der Waals surface area contributed by atoms with Crippen LogP contribution in [0.25, 0.3) is 0 Å². The van der Waals surface area contributed by atoms with Gasteiger partial charge in [0, 0.05) is 29.1 Å². The number of hydrogen-bond acceptors (Lipinski definition) is 4. The van der Waals surface area contributed by atoms with Crippen molar-refractivity contribution in [1.29, 1.82) is 0 Å². The fourth-order valence-electron chi connectivity index (χ4n) is 2.37. The molecule has 0 heterocycles. The largest absolute Gasteiger partial charge is 0.550 e. The van der Waals surface area contributed by atoms with Crippen LogP contribution in [-0.2, 0) is 9.59 Å². The van der Waals surface area contributed by atoms with Gasteiger partial charge in [-0.15, -0.1) is 23.2 Å². The Balaban J connectivity index is 4.63. The van der Waals surface area contributed by atoms with E-state index in [9.17, 15) is 19.8 Å². The number of rotatable bonds is 13. The van der Waals surface area contributed by atoms with Gasteiger partial charge in [-0.25, -0.2) is 0 Å². The number of unbranched alkanes of at least 4 members (excludes halogenated alkanes) is 2. The molecule has 6 heteroatoms. The lowest BCUT2D eigenvalue weighted by atomic mass is 9.74. The van der Waals surface area contributed by atoms with E-state index in [1.165, 1.54) is 0 Å². The van der Waals surface area contributed by atoms with Gasteiger partial charge in [-0.3, -0.25) is 0 Å². The van der Waals surface area contributed by atoms with Gasteiger partial charge in [-0.1, -0.05) is 12.8 Å². The summed E-state index contributed by atoms with van der Waals surface area (Å²) in [4.78, 5) is 22.0. The maximum absolute atomic E-state index is 11.5. The first-order valence-corrected chi connectivity index (χ1v) is 8.08. The first-order valence-electron chi connectivity index (χ1n) is 7.02. The topological polar surface area (TPSA) is 80.3 Å². The highest BCUT2D eigenvalue weighted by atomic mass is 35.5. The summed E-state index contributed by atoms with van der Waals surface area (Å²) in [5.41, 5.74) is -0.965. The minimum absolute atomic E-state index is 0.125. The van der Waals surface area contributed by atoms with E-state index in [1.807, 2.05) is 0 Å². The smallest absolute Gasteiger partial charge is 0.0476 e. The van der Waals surface area contributed by atoms with Gasteiger partial charge in [-0.2, -0.15) is 0 Å². The van der Waals surface area contributed by atoms with Crippen molar-refractivity contribution in [3.8, 4) is 0 Å². The summed E-state index contributed by atoms with van der Waals surface area (Å²) < 4.78 is 0. The highest BCUT2D eigenvalue weighted by Crippen LogP contribution is 2.36. The number of aliphatic carboxylic acids is 2. The van der Waals surface area contributed by atoms with E-state index in [-0.39, 0.29) is 12.8 Å².